The molecule has 1 aliphatic heterocycles. The van der Waals surface area contributed by atoms with Gasteiger partial charge >= 0.3 is 5.97 Å². The van der Waals surface area contributed by atoms with E-state index in [4.69, 9.17) is 0 Å². The van der Waals surface area contributed by atoms with Crippen LogP contribution in [-0.4, -0.2) is 22.2 Å². The molecule has 1 amide bonds. The first-order valence-corrected chi connectivity index (χ1v) is 7.72. The number of hydrogen-bond acceptors (Lipinski definition) is 4. The maximum atomic E-state index is 12.9. The Morgan fingerprint density at radius 3 is 2.58 bits per heavy atom. The minimum Gasteiger partial charge on any atom is -0.478 e. The number of benzene rings is 2. The van der Waals surface area contributed by atoms with Crippen molar-refractivity contribution >= 4 is 40.6 Å². The number of carboxylic acid groups (broad SMARTS) is 1. The fraction of sp³-hybridized carbons (Fsp3) is 0. The van der Waals surface area contributed by atoms with E-state index in [-0.39, 0.29) is 17.3 Å². The van der Waals surface area contributed by atoms with Crippen molar-refractivity contribution in [1.82, 2.24) is 5.32 Å². The van der Waals surface area contributed by atoms with Gasteiger partial charge in [-0.25, -0.2) is 14.2 Å². The van der Waals surface area contributed by atoms with E-state index < -0.39 is 5.97 Å². The molecule has 1 fully saturated rings. The molecule has 0 aliphatic carbocycles. The van der Waals surface area contributed by atoms with E-state index in [2.05, 4.69) is 10.3 Å². The van der Waals surface area contributed by atoms with Crippen LogP contribution in [0, 0.1) is 5.82 Å². The van der Waals surface area contributed by atoms with E-state index in [9.17, 15) is 19.1 Å². The van der Waals surface area contributed by atoms with Crippen molar-refractivity contribution in [2.75, 3.05) is 0 Å². The monoisotopic (exact) mass is 342 g/mol. The van der Waals surface area contributed by atoms with Gasteiger partial charge in [0.1, 0.15) is 5.82 Å². The van der Waals surface area contributed by atoms with Gasteiger partial charge in [0.2, 0.25) is 0 Å². The van der Waals surface area contributed by atoms with Gasteiger partial charge in [-0.2, -0.15) is 0 Å². The van der Waals surface area contributed by atoms with Gasteiger partial charge in [0.05, 0.1) is 16.2 Å². The van der Waals surface area contributed by atoms with Crippen LogP contribution in [0.2, 0.25) is 0 Å². The zero-order chi connectivity index (χ0) is 17.1. The Morgan fingerprint density at radius 1 is 1.17 bits per heavy atom. The zero-order valence-corrected chi connectivity index (χ0v) is 13.0. The lowest BCUT2D eigenvalue weighted by Gasteiger charge is -2.00. The Hall–Kier alpha value is -2.93. The average Bonchev–Trinajstić information content (AvgIpc) is 2.89. The second-order valence-corrected chi connectivity index (χ2v) is 5.88. The summed E-state index contributed by atoms with van der Waals surface area (Å²) in [4.78, 5) is 27.8. The molecular weight excluding hydrogens is 331 g/mol. The highest BCUT2D eigenvalue weighted by Crippen LogP contribution is 2.28. The van der Waals surface area contributed by atoms with Gasteiger partial charge in [-0.1, -0.05) is 18.2 Å². The van der Waals surface area contributed by atoms with Gasteiger partial charge in [-0.05, 0) is 53.7 Å². The molecule has 3 rings (SSSR count). The van der Waals surface area contributed by atoms with Crippen LogP contribution in [0.25, 0.3) is 6.08 Å². The minimum absolute atomic E-state index is 0.113. The Kier molecular flexibility index (Phi) is 4.43. The van der Waals surface area contributed by atoms with E-state index in [1.807, 2.05) is 0 Å². The summed E-state index contributed by atoms with van der Waals surface area (Å²) < 4.78 is 12.9. The number of aromatic carboxylic acids is 1. The van der Waals surface area contributed by atoms with Crippen LogP contribution in [-0.2, 0) is 4.79 Å². The lowest BCUT2D eigenvalue weighted by molar-refractivity contribution is -0.115. The van der Waals surface area contributed by atoms with Gasteiger partial charge < -0.3 is 10.4 Å². The third kappa shape index (κ3) is 3.52. The number of carboxylic acids is 1. The number of thioether (sulfide) groups is 1. The molecule has 0 atom stereocenters. The van der Waals surface area contributed by atoms with Crippen molar-refractivity contribution in [2.45, 2.75) is 0 Å². The van der Waals surface area contributed by atoms with Crippen molar-refractivity contribution in [1.29, 1.82) is 0 Å². The van der Waals surface area contributed by atoms with Crippen LogP contribution in [0.5, 0.6) is 0 Å². The molecule has 1 heterocycles. The van der Waals surface area contributed by atoms with E-state index in [0.717, 1.165) is 11.8 Å². The third-order valence-electron chi connectivity index (χ3n) is 3.19. The molecule has 5 nitrogen and oxygen atoms in total. The van der Waals surface area contributed by atoms with E-state index >= 15 is 0 Å². The summed E-state index contributed by atoms with van der Waals surface area (Å²) >= 11 is 1.10. The summed E-state index contributed by atoms with van der Waals surface area (Å²) in [7, 11) is 0. The van der Waals surface area contributed by atoms with Gasteiger partial charge in [0.15, 0.2) is 5.17 Å². The smallest absolute Gasteiger partial charge is 0.336 e. The van der Waals surface area contributed by atoms with Gasteiger partial charge in [-0.3, -0.25) is 4.79 Å². The Bertz CT molecular complexity index is 876. The molecule has 0 saturated carbocycles. The fourth-order valence-electron chi connectivity index (χ4n) is 2.07. The predicted octanol–water partition coefficient (Wildman–Crippen LogP) is 3.42. The maximum Gasteiger partial charge on any atom is 0.336 e. The van der Waals surface area contributed by atoms with E-state index in [1.165, 1.54) is 36.4 Å². The third-order valence-corrected chi connectivity index (χ3v) is 4.10. The summed E-state index contributed by atoms with van der Waals surface area (Å²) in [5.41, 5.74) is 1.05. The fourth-order valence-corrected chi connectivity index (χ4v) is 2.90. The molecule has 0 radical (unpaired) electrons. The quantitative estimate of drug-likeness (QED) is 0.838. The summed E-state index contributed by atoms with van der Waals surface area (Å²) in [5, 5.41) is 12.1. The van der Waals surface area contributed by atoms with Crippen molar-refractivity contribution < 1.29 is 19.1 Å². The number of amides is 1. The molecule has 2 aromatic rings. The summed E-state index contributed by atoms with van der Waals surface area (Å²) in [6, 6.07) is 12.0. The molecular formula is C17H11FN2O3S. The molecule has 1 saturated heterocycles. The number of hydrogen-bond donors (Lipinski definition) is 2. The number of nitrogens with zero attached hydrogens (tertiary/aromatic N) is 1. The van der Waals surface area contributed by atoms with Crippen molar-refractivity contribution in [2.24, 2.45) is 4.99 Å². The van der Waals surface area contributed by atoms with E-state index in [1.54, 1.807) is 18.2 Å². The Balaban J connectivity index is 1.88. The van der Waals surface area contributed by atoms with Crippen LogP contribution >= 0.6 is 11.8 Å². The number of rotatable bonds is 3. The highest BCUT2D eigenvalue weighted by atomic mass is 32.2. The normalized spacial score (nSPS) is 17.3. The van der Waals surface area contributed by atoms with Crippen molar-refractivity contribution in [3.05, 3.63) is 70.4 Å². The first kappa shape index (κ1) is 15.9. The number of amidine groups is 1. The van der Waals surface area contributed by atoms with Gasteiger partial charge in [-0.15, -0.1) is 0 Å². The van der Waals surface area contributed by atoms with Gasteiger partial charge in [0.25, 0.3) is 5.91 Å². The number of carbonyl (C=O) groups excluding carboxylic acids is 1. The first-order valence-electron chi connectivity index (χ1n) is 6.90. The van der Waals surface area contributed by atoms with Crippen molar-refractivity contribution in [3.8, 4) is 0 Å². The molecule has 120 valence electrons. The van der Waals surface area contributed by atoms with Crippen LogP contribution in [0.3, 0.4) is 0 Å². The number of carbonyl (C=O) groups is 2. The molecule has 1 aliphatic rings. The summed E-state index contributed by atoms with van der Waals surface area (Å²) in [6.07, 6.45) is 1.51. The topological polar surface area (TPSA) is 78.8 Å². The standard InChI is InChI=1S/C17H11FN2O3S/c18-11-5-7-12(8-6-11)19-17-20-15(21)14(24-17)9-10-3-1-2-4-13(10)16(22)23/h1-9H,(H,22,23)(H,19,20,21)/b14-9+. The SMILES string of the molecule is O=C1NC(=Nc2ccc(F)cc2)S/C1=C/c1ccccc1C(=O)O. The summed E-state index contributed by atoms with van der Waals surface area (Å²) in [6.45, 7) is 0. The Morgan fingerprint density at radius 2 is 1.88 bits per heavy atom. The second-order valence-electron chi connectivity index (χ2n) is 4.85. The number of nitrogens with one attached hydrogen (secondary N) is 1. The Labute approximate surface area is 140 Å². The average molecular weight is 342 g/mol. The molecule has 7 heteroatoms. The highest BCUT2D eigenvalue weighted by molar-refractivity contribution is 8.18. The molecule has 24 heavy (non-hydrogen) atoms. The van der Waals surface area contributed by atoms with Crippen LogP contribution in [0.4, 0.5) is 10.1 Å². The highest BCUT2D eigenvalue weighted by Gasteiger charge is 2.24. The second kappa shape index (κ2) is 6.67. The first-order chi connectivity index (χ1) is 11.5. The largest absolute Gasteiger partial charge is 0.478 e. The summed E-state index contributed by atoms with van der Waals surface area (Å²) in [5.74, 6) is -1.79. The molecule has 0 spiro atoms. The molecule has 2 aromatic carbocycles. The minimum atomic E-state index is -1.06. The molecule has 0 bridgehead atoms. The molecule has 2 N–H and O–H groups in total. The maximum absolute atomic E-state index is 12.9. The van der Waals surface area contributed by atoms with Gasteiger partial charge in [0, 0.05) is 0 Å². The lowest BCUT2D eigenvalue weighted by atomic mass is 10.1. The molecule has 0 unspecified atom stereocenters. The van der Waals surface area contributed by atoms with Crippen LogP contribution < -0.4 is 5.32 Å². The number of halogens is 1. The number of aliphatic imine (C=N–C) groups is 1. The van der Waals surface area contributed by atoms with E-state index in [0.29, 0.717) is 21.3 Å². The zero-order valence-electron chi connectivity index (χ0n) is 12.2. The lowest BCUT2D eigenvalue weighted by Crippen LogP contribution is -2.19. The van der Waals surface area contributed by atoms with Crippen molar-refractivity contribution in [3.63, 3.8) is 0 Å². The van der Waals surface area contributed by atoms with Crippen LogP contribution in [0.1, 0.15) is 15.9 Å². The van der Waals surface area contributed by atoms with Crippen LogP contribution in [0.15, 0.2) is 58.4 Å². The molecule has 0 aromatic heterocycles. The predicted molar refractivity (Wildman–Crippen MR) is 90.6 cm³/mol.